The zero-order valence-corrected chi connectivity index (χ0v) is 24.1. The van der Waals surface area contributed by atoms with Crippen LogP contribution in [0.15, 0.2) is 65.1 Å². The highest BCUT2D eigenvalue weighted by molar-refractivity contribution is 7.92. The van der Waals surface area contributed by atoms with Crippen LogP contribution in [-0.2, 0) is 10.0 Å². The number of hydrogen-bond acceptors (Lipinski definition) is 6. The van der Waals surface area contributed by atoms with Crippen LogP contribution in [0.25, 0.3) is 33.4 Å². The predicted molar refractivity (Wildman–Crippen MR) is 156 cm³/mol. The Hall–Kier alpha value is -4.76. The van der Waals surface area contributed by atoms with Gasteiger partial charge in [-0.2, -0.15) is 5.26 Å². The Morgan fingerprint density at radius 2 is 1.74 bits per heavy atom. The molecule has 0 bridgehead atoms. The summed E-state index contributed by atoms with van der Waals surface area (Å²) >= 11 is 0. The molecule has 4 rings (SSSR count). The smallest absolute Gasteiger partial charge is 0.255 e. The summed E-state index contributed by atoms with van der Waals surface area (Å²) in [6.45, 7) is 1.60. The largest absolute Gasteiger partial charge is 0.455 e. The van der Waals surface area contributed by atoms with Crippen molar-refractivity contribution in [1.82, 2.24) is 10.6 Å². The van der Waals surface area contributed by atoms with Crippen LogP contribution in [-0.4, -0.2) is 52.3 Å². The van der Waals surface area contributed by atoms with Gasteiger partial charge in [-0.25, -0.2) is 17.2 Å². The number of hydrogen-bond donors (Lipinski definition) is 2. The van der Waals surface area contributed by atoms with Crippen LogP contribution < -0.4 is 14.9 Å². The number of halogens is 2. The predicted octanol–water partition coefficient (Wildman–Crippen LogP) is 5.03. The van der Waals surface area contributed by atoms with Crippen LogP contribution in [0.5, 0.6) is 0 Å². The standard InChI is InChI=1S/C30H28F2N4O5S/c1-30(2,17-33)35-28(37)20-7-5-6-19(14-20)22-15-23-25(16-24(22)36(13-12-31)42(4,39)40)41-27(26(23)29(38)34-3)18-8-10-21(32)11-9-18/h5-11,14-16H,12-13H2,1-4H3,(H,34,38)(H,35,37). The second-order valence-electron chi connectivity index (χ2n) is 10.1. The SMILES string of the molecule is CNC(=O)c1c(-c2ccc(F)cc2)oc2cc(N(CCF)S(C)(=O)=O)c(-c3cccc(C(=O)NC(C)(C)C#N)c3)cc12. The molecular formula is C30H28F2N4O5S. The number of furan rings is 1. The van der Waals surface area contributed by atoms with Crippen molar-refractivity contribution < 1.29 is 31.2 Å². The third-order valence-electron chi connectivity index (χ3n) is 6.46. The van der Waals surface area contributed by atoms with Gasteiger partial charge in [0, 0.05) is 35.2 Å². The van der Waals surface area contributed by atoms with Gasteiger partial charge in [0.1, 0.15) is 29.4 Å². The van der Waals surface area contributed by atoms with Crippen LogP contribution in [0.2, 0.25) is 0 Å². The lowest BCUT2D eigenvalue weighted by molar-refractivity contribution is 0.0927. The maximum atomic E-state index is 13.7. The number of rotatable bonds is 9. The number of carbonyl (C=O) groups excluding carboxylic acids is 2. The number of nitrogens with one attached hydrogen (secondary N) is 2. The first-order chi connectivity index (χ1) is 19.8. The van der Waals surface area contributed by atoms with Crippen LogP contribution in [0.1, 0.15) is 34.6 Å². The molecule has 4 aromatic rings. The van der Waals surface area contributed by atoms with Crippen molar-refractivity contribution in [3.05, 3.63) is 77.6 Å². The van der Waals surface area contributed by atoms with Gasteiger partial charge in [0.05, 0.1) is 30.1 Å². The molecule has 12 heteroatoms. The van der Waals surface area contributed by atoms with Crippen molar-refractivity contribution >= 4 is 38.5 Å². The fraction of sp³-hybridized carbons (Fsp3) is 0.233. The van der Waals surface area contributed by atoms with Gasteiger partial charge < -0.3 is 15.1 Å². The Kier molecular flexibility index (Phi) is 8.35. The van der Waals surface area contributed by atoms with E-state index in [2.05, 4.69) is 10.6 Å². The molecule has 0 aliphatic rings. The highest BCUT2D eigenvalue weighted by Gasteiger charge is 2.28. The maximum absolute atomic E-state index is 13.7. The highest BCUT2D eigenvalue weighted by atomic mass is 32.2. The summed E-state index contributed by atoms with van der Waals surface area (Å²) in [5, 5.41) is 14.8. The van der Waals surface area contributed by atoms with Crippen molar-refractivity contribution in [2.75, 3.05) is 30.8 Å². The molecule has 1 heterocycles. The Labute approximate surface area is 241 Å². The van der Waals surface area contributed by atoms with Gasteiger partial charge in [-0.15, -0.1) is 0 Å². The monoisotopic (exact) mass is 594 g/mol. The summed E-state index contributed by atoms with van der Waals surface area (Å²) in [5.74, 6) is -1.42. The fourth-order valence-corrected chi connectivity index (χ4v) is 5.39. The molecule has 42 heavy (non-hydrogen) atoms. The molecule has 0 unspecified atom stereocenters. The molecule has 0 radical (unpaired) electrons. The van der Waals surface area contributed by atoms with E-state index in [1.807, 2.05) is 6.07 Å². The van der Waals surface area contributed by atoms with Crippen molar-refractivity contribution in [3.63, 3.8) is 0 Å². The van der Waals surface area contributed by atoms with Crippen LogP contribution in [0.4, 0.5) is 14.5 Å². The van der Waals surface area contributed by atoms with Crippen LogP contribution >= 0.6 is 0 Å². The molecule has 2 N–H and O–H groups in total. The summed E-state index contributed by atoms with van der Waals surface area (Å²) in [4.78, 5) is 26.1. The molecule has 3 aromatic carbocycles. The molecule has 1 aromatic heterocycles. The molecule has 218 valence electrons. The lowest BCUT2D eigenvalue weighted by atomic mass is 9.97. The van der Waals surface area contributed by atoms with E-state index in [4.69, 9.17) is 4.42 Å². The number of benzene rings is 3. The van der Waals surface area contributed by atoms with Gasteiger partial charge in [0.15, 0.2) is 0 Å². The lowest BCUT2D eigenvalue weighted by Gasteiger charge is -2.24. The van der Waals surface area contributed by atoms with Crippen molar-refractivity contribution in [1.29, 1.82) is 5.26 Å². The zero-order valence-electron chi connectivity index (χ0n) is 23.3. The molecule has 0 fully saturated rings. The van der Waals surface area contributed by atoms with E-state index in [1.165, 1.54) is 49.5 Å². The van der Waals surface area contributed by atoms with E-state index in [0.29, 0.717) is 16.5 Å². The molecular weight excluding hydrogens is 566 g/mol. The van der Waals surface area contributed by atoms with Gasteiger partial charge in [-0.3, -0.25) is 13.9 Å². The maximum Gasteiger partial charge on any atom is 0.255 e. The molecule has 0 saturated heterocycles. The molecule has 0 saturated carbocycles. The first kappa shape index (κ1) is 30.2. The number of nitrogens with zero attached hydrogens (tertiary/aromatic N) is 2. The Bertz CT molecular complexity index is 1830. The van der Waals surface area contributed by atoms with Crippen molar-refractivity contribution in [2.24, 2.45) is 0 Å². The highest BCUT2D eigenvalue weighted by Crippen LogP contribution is 2.41. The number of anilines is 1. The third-order valence-corrected chi connectivity index (χ3v) is 7.64. The summed E-state index contributed by atoms with van der Waals surface area (Å²) in [6, 6.07) is 16.5. The van der Waals surface area contributed by atoms with Gasteiger partial charge in [0.25, 0.3) is 11.8 Å². The topological polar surface area (TPSA) is 133 Å². The molecule has 0 spiro atoms. The van der Waals surface area contributed by atoms with Crippen LogP contribution in [0.3, 0.4) is 0 Å². The number of alkyl halides is 1. The Balaban J connectivity index is 2.04. The first-order valence-corrected chi connectivity index (χ1v) is 14.6. The van der Waals surface area contributed by atoms with Gasteiger partial charge in [-0.1, -0.05) is 12.1 Å². The van der Waals surface area contributed by atoms with Crippen LogP contribution in [0, 0.1) is 17.1 Å². The van der Waals surface area contributed by atoms with E-state index in [-0.39, 0.29) is 33.7 Å². The molecule has 9 nitrogen and oxygen atoms in total. The summed E-state index contributed by atoms with van der Waals surface area (Å²) in [6.07, 6.45) is 0.937. The molecule has 0 atom stereocenters. The average Bonchev–Trinajstić information content (AvgIpc) is 3.33. The normalized spacial score (nSPS) is 11.6. The Morgan fingerprint density at radius 1 is 1.05 bits per heavy atom. The second kappa shape index (κ2) is 11.6. The van der Waals surface area contributed by atoms with Crippen molar-refractivity contribution in [2.45, 2.75) is 19.4 Å². The summed E-state index contributed by atoms with van der Waals surface area (Å²) in [5.41, 5.74) is 0.390. The summed E-state index contributed by atoms with van der Waals surface area (Å²) in [7, 11) is -2.57. The number of sulfonamides is 1. The summed E-state index contributed by atoms with van der Waals surface area (Å²) < 4.78 is 59.9. The third kappa shape index (κ3) is 6.11. The second-order valence-corrected chi connectivity index (χ2v) is 12.0. The van der Waals surface area contributed by atoms with Crippen molar-refractivity contribution in [3.8, 4) is 28.5 Å². The van der Waals surface area contributed by atoms with Gasteiger partial charge in [0.2, 0.25) is 10.0 Å². The fourth-order valence-electron chi connectivity index (χ4n) is 4.48. The van der Waals surface area contributed by atoms with E-state index < -0.39 is 46.4 Å². The molecule has 0 aliphatic heterocycles. The number of fused-ring (bicyclic) bond motifs is 1. The number of nitriles is 1. The van der Waals surface area contributed by atoms with Gasteiger partial charge >= 0.3 is 0 Å². The minimum absolute atomic E-state index is 0.0559. The first-order valence-electron chi connectivity index (χ1n) is 12.8. The van der Waals surface area contributed by atoms with E-state index >= 15 is 0 Å². The average molecular weight is 595 g/mol. The van der Waals surface area contributed by atoms with E-state index in [0.717, 1.165) is 10.6 Å². The van der Waals surface area contributed by atoms with Gasteiger partial charge in [-0.05, 0) is 61.9 Å². The number of carbonyl (C=O) groups is 2. The minimum Gasteiger partial charge on any atom is -0.455 e. The minimum atomic E-state index is -4.00. The van der Waals surface area contributed by atoms with E-state index in [1.54, 1.807) is 32.0 Å². The molecule has 2 amide bonds. The quantitative estimate of drug-likeness (QED) is 0.279. The Morgan fingerprint density at radius 3 is 2.33 bits per heavy atom. The zero-order chi connectivity index (χ0) is 30.8. The lowest BCUT2D eigenvalue weighted by Crippen LogP contribution is -2.42. The van der Waals surface area contributed by atoms with E-state index in [9.17, 15) is 32.0 Å². The molecule has 0 aliphatic carbocycles. The number of amides is 2.